The summed E-state index contributed by atoms with van der Waals surface area (Å²) in [6, 6.07) is 7.07. The summed E-state index contributed by atoms with van der Waals surface area (Å²) in [5, 5.41) is 3.47. The van der Waals surface area contributed by atoms with Crippen LogP contribution in [0.3, 0.4) is 0 Å². The molecule has 0 aromatic heterocycles. The molecule has 0 aliphatic carbocycles. The molecule has 1 N–H and O–H groups in total. The molecule has 0 saturated carbocycles. The lowest BCUT2D eigenvalue weighted by Gasteiger charge is -2.18. The highest BCUT2D eigenvalue weighted by Crippen LogP contribution is 2.28. The van der Waals surface area contributed by atoms with Crippen molar-refractivity contribution >= 4 is 38.5 Å². The first-order valence-corrected chi connectivity index (χ1v) is 10.2. The summed E-state index contributed by atoms with van der Waals surface area (Å²) >= 11 is 6.08. The second-order valence-electron chi connectivity index (χ2n) is 5.77. The molecule has 1 aromatic carbocycles. The fourth-order valence-electron chi connectivity index (χ4n) is 2.72. The van der Waals surface area contributed by atoms with Gasteiger partial charge in [-0.1, -0.05) is 74.2 Å². The first kappa shape index (κ1) is 19.4. The fraction of sp³-hybridized carbons (Fsp3) is 0.667. The van der Waals surface area contributed by atoms with Gasteiger partial charge in [0.2, 0.25) is 0 Å². The molecule has 1 rings (SSSR count). The van der Waals surface area contributed by atoms with Gasteiger partial charge in [0.1, 0.15) is 0 Å². The molecule has 0 aliphatic heterocycles. The molecule has 0 fully saturated rings. The number of nitrogens with one attached hydrogen (secondary N) is 1. The van der Waals surface area contributed by atoms with Crippen molar-refractivity contribution in [3.63, 3.8) is 0 Å². The van der Waals surface area contributed by atoms with Crippen LogP contribution in [0, 0.1) is 3.57 Å². The van der Waals surface area contributed by atoms with Crippen LogP contribution in [0.15, 0.2) is 22.7 Å². The third kappa shape index (κ3) is 7.98. The summed E-state index contributed by atoms with van der Waals surface area (Å²) in [7, 11) is 2.07. The van der Waals surface area contributed by atoms with E-state index in [9.17, 15) is 0 Å². The van der Waals surface area contributed by atoms with Gasteiger partial charge in [0, 0.05) is 14.1 Å². The van der Waals surface area contributed by atoms with E-state index in [1.807, 2.05) is 0 Å². The molecule has 1 nitrogen and oxygen atoms in total. The highest BCUT2D eigenvalue weighted by Gasteiger charge is 2.12. The molecule has 0 heterocycles. The van der Waals surface area contributed by atoms with Crippen LogP contribution in [0.25, 0.3) is 0 Å². The molecule has 0 saturated heterocycles. The van der Waals surface area contributed by atoms with Crippen molar-refractivity contribution in [2.75, 3.05) is 7.05 Å². The van der Waals surface area contributed by atoms with Crippen molar-refractivity contribution in [2.24, 2.45) is 0 Å². The van der Waals surface area contributed by atoms with E-state index >= 15 is 0 Å². The summed E-state index contributed by atoms with van der Waals surface area (Å²) in [6.45, 7) is 2.28. The van der Waals surface area contributed by atoms with Crippen LogP contribution in [0.4, 0.5) is 0 Å². The Labute approximate surface area is 152 Å². The molecule has 120 valence electrons. The van der Waals surface area contributed by atoms with E-state index in [1.54, 1.807) is 0 Å². The normalized spacial score (nSPS) is 12.6. The third-order valence-corrected chi connectivity index (χ3v) is 5.42. The van der Waals surface area contributed by atoms with E-state index < -0.39 is 0 Å². The van der Waals surface area contributed by atoms with E-state index in [2.05, 4.69) is 76.0 Å². The average Bonchev–Trinajstić information content (AvgIpc) is 2.49. The zero-order valence-electron chi connectivity index (χ0n) is 13.4. The minimum atomic E-state index is 0.467. The predicted molar refractivity (Wildman–Crippen MR) is 106 cm³/mol. The summed E-state index contributed by atoms with van der Waals surface area (Å²) in [6.07, 6.45) is 12.3. The standard InChI is InChI=1S/C18H29BrIN/c1-3-4-5-6-7-8-9-10-11-18(21-2)16-14-15(20)12-13-17(16)19/h12-14,18,21H,3-11H2,1-2H3. The topological polar surface area (TPSA) is 12.0 Å². The number of hydrogen-bond acceptors (Lipinski definition) is 1. The van der Waals surface area contributed by atoms with Crippen molar-refractivity contribution in [3.8, 4) is 0 Å². The van der Waals surface area contributed by atoms with Gasteiger partial charge < -0.3 is 5.32 Å². The number of rotatable bonds is 11. The van der Waals surface area contributed by atoms with Crippen LogP contribution in [0.2, 0.25) is 0 Å². The van der Waals surface area contributed by atoms with Crippen molar-refractivity contribution < 1.29 is 0 Å². The van der Waals surface area contributed by atoms with Crippen LogP contribution in [-0.4, -0.2) is 7.05 Å². The SMILES string of the molecule is CCCCCCCCCCC(NC)c1cc(I)ccc1Br. The van der Waals surface area contributed by atoms with Gasteiger partial charge in [-0.25, -0.2) is 0 Å². The molecule has 0 radical (unpaired) electrons. The predicted octanol–water partition coefficient (Wildman–Crippen LogP) is 6.85. The maximum absolute atomic E-state index is 3.69. The van der Waals surface area contributed by atoms with Gasteiger partial charge in [0.15, 0.2) is 0 Å². The second-order valence-corrected chi connectivity index (χ2v) is 7.87. The molecular weight excluding hydrogens is 437 g/mol. The van der Waals surface area contributed by atoms with Gasteiger partial charge in [0.05, 0.1) is 0 Å². The third-order valence-electron chi connectivity index (χ3n) is 4.03. The number of unbranched alkanes of at least 4 members (excludes halogenated alkanes) is 7. The van der Waals surface area contributed by atoms with Crippen LogP contribution < -0.4 is 5.32 Å². The van der Waals surface area contributed by atoms with Crippen molar-refractivity contribution in [3.05, 3.63) is 31.8 Å². The highest BCUT2D eigenvalue weighted by molar-refractivity contribution is 14.1. The van der Waals surface area contributed by atoms with Gasteiger partial charge in [-0.05, 0) is 59.8 Å². The van der Waals surface area contributed by atoms with Crippen LogP contribution in [-0.2, 0) is 0 Å². The Bertz CT molecular complexity index is 395. The van der Waals surface area contributed by atoms with E-state index in [0.29, 0.717) is 6.04 Å². The van der Waals surface area contributed by atoms with Crippen LogP contribution in [0.1, 0.15) is 76.3 Å². The molecule has 1 aromatic rings. The Balaban J connectivity index is 2.27. The lowest BCUT2D eigenvalue weighted by molar-refractivity contribution is 0.493. The van der Waals surface area contributed by atoms with E-state index in [4.69, 9.17) is 0 Å². The number of halogens is 2. The second kappa shape index (κ2) is 11.9. The molecule has 3 heteroatoms. The zero-order chi connectivity index (χ0) is 15.5. The minimum absolute atomic E-state index is 0.467. The maximum Gasteiger partial charge on any atom is 0.0329 e. The highest BCUT2D eigenvalue weighted by atomic mass is 127. The van der Waals surface area contributed by atoms with Crippen LogP contribution in [0.5, 0.6) is 0 Å². The first-order valence-electron chi connectivity index (χ1n) is 8.31. The van der Waals surface area contributed by atoms with E-state index in [0.717, 1.165) is 0 Å². The molecule has 1 atom stereocenters. The Hall–Kier alpha value is 0.390. The first-order chi connectivity index (χ1) is 10.2. The van der Waals surface area contributed by atoms with Gasteiger partial charge in [-0.15, -0.1) is 0 Å². The Morgan fingerprint density at radius 1 is 1.05 bits per heavy atom. The largest absolute Gasteiger partial charge is 0.313 e. The maximum atomic E-state index is 3.69. The van der Waals surface area contributed by atoms with Gasteiger partial charge in [0.25, 0.3) is 0 Å². The van der Waals surface area contributed by atoms with Gasteiger partial charge in [-0.3, -0.25) is 0 Å². The quantitative estimate of drug-likeness (QED) is 0.278. The van der Waals surface area contributed by atoms with Crippen molar-refractivity contribution in [2.45, 2.75) is 70.8 Å². The van der Waals surface area contributed by atoms with Crippen LogP contribution >= 0.6 is 38.5 Å². The zero-order valence-corrected chi connectivity index (χ0v) is 17.2. The summed E-state index contributed by atoms with van der Waals surface area (Å²) in [5.74, 6) is 0. The molecule has 0 amide bonds. The van der Waals surface area contributed by atoms with Gasteiger partial charge >= 0.3 is 0 Å². The summed E-state index contributed by atoms with van der Waals surface area (Å²) in [4.78, 5) is 0. The molecule has 21 heavy (non-hydrogen) atoms. The summed E-state index contributed by atoms with van der Waals surface area (Å²) < 4.78 is 2.53. The van der Waals surface area contributed by atoms with Crippen molar-refractivity contribution in [1.82, 2.24) is 5.32 Å². The average molecular weight is 466 g/mol. The molecule has 0 aliphatic rings. The molecule has 0 bridgehead atoms. The lowest BCUT2D eigenvalue weighted by atomic mass is 9.99. The van der Waals surface area contributed by atoms with E-state index in [1.165, 1.54) is 71.4 Å². The monoisotopic (exact) mass is 465 g/mol. The van der Waals surface area contributed by atoms with Crippen molar-refractivity contribution in [1.29, 1.82) is 0 Å². The Morgan fingerprint density at radius 2 is 1.67 bits per heavy atom. The fourth-order valence-corrected chi connectivity index (χ4v) is 3.76. The molecule has 0 spiro atoms. The minimum Gasteiger partial charge on any atom is -0.313 e. The summed E-state index contributed by atoms with van der Waals surface area (Å²) in [5.41, 5.74) is 1.40. The smallest absolute Gasteiger partial charge is 0.0329 e. The molecule has 1 unspecified atom stereocenters. The lowest BCUT2D eigenvalue weighted by Crippen LogP contribution is -2.17. The Morgan fingerprint density at radius 3 is 2.29 bits per heavy atom. The van der Waals surface area contributed by atoms with Gasteiger partial charge in [-0.2, -0.15) is 0 Å². The number of hydrogen-bond donors (Lipinski definition) is 1. The Kier molecular flexibility index (Phi) is 11.0. The molecular formula is C18H29BrIN. The number of benzene rings is 1. The van der Waals surface area contributed by atoms with E-state index in [-0.39, 0.29) is 0 Å².